The van der Waals surface area contributed by atoms with E-state index in [0.717, 1.165) is 11.6 Å². The van der Waals surface area contributed by atoms with E-state index in [4.69, 9.17) is 9.47 Å². The van der Waals surface area contributed by atoms with E-state index in [2.05, 4.69) is 5.32 Å². The first kappa shape index (κ1) is 17.0. The number of carbonyl (C=O) groups excluding carboxylic acids is 1. The maximum absolute atomic E-state index is 13.7. The summed E-state index contributed by atoms with van der Waals surface area (Å²) in [5.74, 6) is -0.0141. The number of hydrogen-bond acceptors (Lipinski definition) is 3. The molecular formula is C18H18F2N2O3. The first-order chi connectivity index (χ1) is 11.9. The first-order valence-corrected chi connectivity index (χ1v) is 7.79. The van der Waals surface area contributed by atoms with Crippen LogP contribution in [-0.4, -0.2) is 24.8 Å². The molecule has 0 saturated carbocycles. The quantitative estimate of drug-likeness (QED) is 0.919. The van der Waals surface area contributed by atoms with Gasteiger partial charge in [-0.2, -0.15) is 0 Å². The second kappa shape index (κ2) is 6.96. The topological polar surface area (TPSA) is 50.8 Å². The Balaban J connectivity index is 1.62. The van der Waals surface area contributed by atoms with Gasteiger partial charge in [-0.25, -0.2) is 13.6 Å². The van der Waals surface area contributed by atoms with Gasteiger partial charge in [-0.05, 0) is 30.7 Å². The Kier molecular flexibility index (Phi) is 4.74. The number of urea groups is 1. The number of halogens is 2. The van der Waals surface area contributed by atoms with Gasteiger partial charge in [0.25, 0.3) is 0 Å². The van der Waals surface area contributed by atoms with Crippen molar-refractivity contribution in [2.24, 2.45) is 0 Å². The summed E-state index contributed by atoms with van der Waals surface area (Å²) in [5.41, 5.74) is 1.11. The van der Waals surface area contributed by atoms with Crippen LogP contribution in [0.25, 0.3) is 0 Å². The second-order valence-electron chi connectivity index (χ2n) is 5.88. The van der Waals surface area contributed by atoms with Crippen LogP contribution in [0.5, 0.6) is 11.5 Å². The molecule has 3 rings (SSSR count). The number of nitrogens with zero attached hydrogens (tertiary/aromatic N) is 1. The van der Waals surface area contributed by atoms with Gasteiger partial charge in [0.05, 0.1) is 6.04 Å². The van der Waals surface area contributed by atoms with Crippen molar-refractivity contribution in [1.29, 1.82) is 0 Å². The number of fused-ring (bicyclic) bond motifs is 1. The van der Waals surface area contributed by atoms with Crippen LogP contribution in [0.4, 0.5) is 13.6 Å². The number of amides is 2. The Hall–Kier alpha value is -2.83. The Morgan fingerprint density at radius 1 is 1.20 bits per heavy atom. The maximum Gasteiger partial charge on any atom is 0.317 e. The van der Waals surface area contributed by atoms with Gasteiger partial charge in [0.2, 0.25) is 6.79 Å². The SMILES string of the molecule is CC(NC(=O)N(C)Cc1ccc(F)cc1F)c1ccc2c(c1)OCO2. The van der Waals surface area contributed by atoms with Crippen molar-refractivity contribution in [1.82, 2.24) is 10.2 Å². The summed E-state index contributed by atoms with van der Waals surface area (Å²) >= 11 is 0. The molecule has 2 aromatic rings. The highest BCUT2D eigenvalue weighted by molar-refractivity contribution is 5.74. The smallest absolute Gasteiger partial charge is 0.317 e. The molecule has 2 aromatic carbocycles. The van der Waals surface area contributed by atoms with Gasteiger partial charge in [0, 0.05) is 25.2 Å². The summed E-state index contributed by atoms with van der Waals surface area (Å²) in [6, 6.07) is 8.10. The van der Waals surface area contributed by atoms with Crippen LogP contribution in [0, 0.1) is 11.6 Å². The summed E-state index contributed by atoms with van der Waals surface area (Å²) in [6.07, 6.45) is 0. The number of nitrogens with one attached hydrogen (secondary N) is 1. The molecule has 1 atom stereocenters. The van der Waals surface area contributed by atoms with Crippen LogP contribution in [0.1, 0.15) is 24.1 Å². The zero-order chi connectivity index (χ0) is 18.0. The third-order valence-corrected chi connectivity index (χ3v) is 4.01. The van der Waals surface area contributed by atoms with Crippen LogP contribution in [-0.2, 0) is 6.54 Å². The third kappa shape index (κ3) is 3.81. The van der Waals surface area contributed by atoms with Gasteiger partial charge in [0.1, 0.15) is 11.6 Å². The molecule has 7 heteroatoms. The lowest BCUT2D eigenvalue weighted by atomic mass is 10.1. The molecule has 0 radical (unpaired) electrons. The summed E-state index contributed by atoms with van der Waals surface area (Å²) in [7, 11) is 1.55. The van der Waals surface area contributed by atoms with E-state index >= 15 is 0 Å². The first-order valence-electron chi connectivity index (χ1n) is 7.79. The van der Waals surface area contributed by atoms with E-state index in [1.165, 1.54) is 17.0 Å². The molecule has 2 amide bonds. The molecule has 0 fully saturated rings. The Bertz CT molecular complexity index is 798. The fourth-order valence-corrected chi connectivity index (χ4v) is 2.54. The van der Waals surface area contributed by atoms with E-state index in [1.807, 2.05) is 19.1 Å². The lowest BCUT2D eigenvalue weighted by Crippen LogP contribution is -2.38. The molecule has 0 aliphatic carbocycles. The maximum atomic E-state index is 13.7. The molecule has 1 aliphatic heterocycles. The average Bonchev–Trinajstić information content (AvgIpc) is 3.04. The fourth-order valence-electron chi connectivity index (χ4n) is 2.54. The highest BCUT2D eigenvalue weighted by Gasteiger charge is 2.18. The number of carbonyl (C=O) groups is 1. The second-order valence-corrected chi connectivity index (χ2v) is 5.88. The van der Waals surface area contributed by atoms with Crippen LogP contribution < -0.4 is 14.8 Å². The summed E-state index contributed by atoms with van der Waals surface area (Å²) in [6.45, 7) is 2.05. The molecule has 0 aromatic heterocycles. The summed E-state index contributed by atoms with van der Waals surface area (Å²) < 4.78 is 37.2. The number of ether oxygens (including phenoxy) is 2. The van der Waals surface area contributed by atoms with Crippen LogP contribution in [0.15, 0.2) is 36.4 Å². The van der Waals surface area contributed by atoms with Crippen molar-refractivity contribution in [3.63, 3.8) is 0 Å². The van der Waals surface area contributed by atoms with Crippen LogP contribution in [0.2, 0.25) is 0 Å². The molecule has 1 N–H and O–H groups in total. The molecule has 1 unspecified atom stereocenters. The van der Waals surface area contributed by atoms with Gasteiger partial charge in [0.15, 0.2) is 11.5 Å². The molecule has 132 valence electrons. The molecule has 0 bridgehead atoms. The lowest BCUT2D eigenvalue weighted by Gasteiger charge is -2.22. The summed E-state index contributed by atoms with van der Waals surface area (Å²) in [4.78, 5) is 13.6. The highest BCUT2D eigenvalue weighted by Crippen LogP contribution is 2.34. The van der Waals surface area contributed by atoms with Gasteiger partial charge < -0.3 is 19.7 Å². The predicted octanol–water partition coefficient (Wildman–Crippen LogP) is 3.60. The Morgan fingerprint density at radius 3 is 2.72 bits per heavy atom. The third-order valence-electron chi connectivity index (χ3n) is 4.01. The van der Waals surface area contributed by atoms with E-state index in [9.17, 15) is 13.6 Å². The Morgan fingerprint density at radius 2 is 1.96 bits per heavy atom. The molecule has 0 spiro atoms. The van der Waals surface area contributed by atoms with Gasteiger partial charge in [-0.15, -0.1) is 0 Å². The molecule has 1 aliphatic rings. The van der Waals surface area contributed by atoms with Crippen molar-refractivity contribution in [3.8, 4) is 11.5 Å². The minimum Gasteiger partial charge on any atom is -0.454 e. The Labute approximate surface area is 144 Å². The van der Waals surface area contributed by atoms with E-state index in [0.29, 0.717) is 11.5 Å². The predicted molar refractivity (Wildman–Crippen MR) is 87.3 cm³/mol. The molecule has 25 heavy (non-hydrogen) atoms. The fraction of sp³-hybridized carbons (Fsp3) is 0.278. The lowest BCUT2D eigenvalue weighted by molar-refractivity contribution is 0.174. The molecule has 1 heterocycles. The van der Waals surface area contributed by atoms with E-state index in [-0.39, 0.29) is 31.0 Å². The summed E-state index contributed by atoms with van der Waals surface area (Å²) in [5, 5.41) is 2.83. The van der Waals surface area contributed by atoms with Gasteiger partial charge in [-0.3, -0.25) is 0 Å². The molecular weight excluding hydrogens is 330 g/mol. The standard InChI is InChI=1S/C18H18F2N2O3/c1-11(12-4-6-16-17(7-12)25-10-24-16)21-18(23)22(2)9-13-3-5-14(19)8-15(13)20/h3-8,11H,9-10H2,1-2H3,(H,21,23). The van der Waals surface area contributed by atoms with Gasteiger partial charge in [-0.1, -0.05) is 12.1 Å². The van der Waals surface area contributed by atoms with Gasteiger partial charge >= 0.3 is 6.03 Å². The molecule has 0 saturated heterocycles. The van der Waals surface area contributed by atoms with Crippen molar-refractivity contribution in [2.75, 3.05) is 13.8 Å². The molecule has 5 nitrogen and oxygen atoms in total. The number of rotatable bonds is 4. The van der Waals surface area contributed by atoms with Crippen molar-refractivity contribution < 1.29 is 23.0 Å². The van der Waals surface area contributed by atoms with Crippen molar-refractivity contribution in [3.05, 3.63) is 59.2 Å². The normalized spacial score (nSPS) is 13.4. The minimum absolute atomic E-state index is 0.0335. The zero-order valence-electron chi connectivity index (χ0n) is 13.9. The average molecular weight is 348 g/mol. The van der Waals surface area contributed by atoms with E-state index < -0.39 is 11.6 Å². The van der Waals surface area contributed by atoms with E-state index in [1.54, 1.807) is 13.1 Å². The highest BCUT2D eigenvalue weighted by atomic mass is 19.1. The van der Waals surface area contributed by atoms with Crippen molar-refractivity contribution in [2.45, 2.75) is 19.5 Å². The number of benzene rings is 2. The largest absolute Gasteiger partial charge is 0.454 e. The monoisotopic (exact) mass is 348 g/mol. The van der Waals surface area contributed by atoms with Crippen LogP contribution >= 0.6 is 0 Å². The van der Waals surface area contributed by atoms with Crippen LogP contribution in [0.3, 0.4) is 0 Å². The van der Waals surface area contributed by atoms with Crippen molar-refractivity contribution >= 4 is 6.03 Å². The minimum atomic E-state index is -0.677. The number of hydrogen-bond donors (Lipinski definition) is 1. The zero-order valence-corrected chi connectivity index (χ0v) is 13.9.